The maximum atomic E-state index is 12.7. The van der Waals surface area contributed by atoms with Gasteiger partial charge in [-0.25, -0.2) is 4.98 Å². The van der Waals surface area contributed by atoms with Crippen LogP contribution in [0.1, 0.15) is 57.3 Å². The molecule has 2 aromatic carbocycles. The number of likely N-dealkylation sites (tertiary alicyclic amines) is 1. The van der Waals surface area contributed by atoms with E-state index in [9.17, 15) is 4.79 Å². The van der Waals surface area contributed by atoms with E-state index in [-0.39, 0.29) is 17.4 Å². The number of carbonyl (C=O) groups excluding carboxylic acids is 1. The number of rotatable bonds is 10. The van der Waals surface area contributed by atoms with Gasteiger partial charge in [0.05, 0.1) is 24.8 Å². The van der Waals surface area contributed by atoms with Crippen LogP contribution in [0.3, 0.4) is 0 Å². The molecule has 1 aliphatic rings. The van der Waals surface area contributed by atoms with Crippen LogP contribution in [0.5, 0.6) is 11.5 Å². The topological polar surface area (TPSA) is 56.6 Å². The van der Waals surface area contributed by atoms with Gasteiger partial charge in [-0.2, -0.15) is 0 Å². The number of methoxy groups -OCH3 is 1. The van der Waals surface area contributed by atoms with Gasteiger partial charge in [0.2, 0.25) is 5.91 Å². The van der Waals surface area contributed by atoms with Crippen LogP contribution in [0.2, 0.25) is 0 Å². The third-order valence-electron chi connectivity index (χ3n) is 6.63. The summed E-state index contributed by atoms with van der Waals surface area (Å²) in [4.78, 5) is 19.7. The second-order valence-electron chi connectivity index (χ2n) is 10.2. The Kier molecular flexibility index (Phi) is 7.48. The number of carbonyl (C=O) groups is 1. The number of unbranched alkanes of at least 4 members (excludes halogenated alkanes) is 1. The zero-order valence-corrected chi connectivity index (χ0v) is 21.4. The number of hydrogen-bond donors (Lipinski definition) is 0. The molecule has 0 aliphatic carbocycles. The van der Waals surface area contributed by atoms with Crippen molar-refractivity contribution in [2.45, 2.75) is 64.5 Å². The third-order valence-corrected chi connectivity index (χ3v) is 6.63. The molecule has 0 N–H and O–H groups in total. The Morgan fingerprint density at radius 2 is 1.94 bits per heavy atom. The van der Waals surface area contributed by atoms with Crippen molar-refractivity contribution in [3.63, 3.8) is 0 Å². The highest BCUT2D eigenvalue weighted by molar-refractivity contribution is 5.81. The normalized spacial score (nSPS) is 16.2. The predicted octanol–water partition coefficient (Wildman–Crippen LogP) is 5.75. The number of allylic oxidation sites excluding steroid dienone is 1. The SMILES string of the molecule is C=CCc1ccc(OCCCCn2c(C3CC(=O)N(C(C)(C)C)C3)nc3ccccc32)c(OC)c1. The number of ether oxygens (including phenoxy) is 2. The Labute approximate surface area is 208 Å². The average molecular weight is 476 g/mol. The van der Waals surface area contributed by atoms with E-state index >= 15 is 0 Å². The van der Waals surface area contributed by atoms with Crippen LogP contribution < -0.4 is 9.47 Å². The number of aromatic nitrogens is 2. The van der Waals surface area contributed by atoms with Gasteiger partial charge < -0.3 is 18.9 Å². The zero-order chi connectivity index (χ0) is 25.0. The molecule has 1 aromatic heterocycles. The Hall–Kier alpha value is -3.28. The fourth-order valence-corrected chi connectivity index (χ4v) is 4.85. The fourth-order valence-electron chi connectivity index (χ4n) is 4.85. The van der Waals surface area contributed by atoms with Crippen molar-refractivity contribution in [1.82, 2.24) is 14.5 Å². The van der Waals surface area contributed by atoms with Crippen molar-refractivity contribution in [2.75, 3.05) is 20.3 Å². The summed E-state index contributed by atoms with van der Waals surface area (Å²) in [5.41, 5.74) is 3.10. The summed E-state index contributed by atoms with van der Waals surface area (Å²) in [6, 6.07) is 14.3. The van der Waals surface area contributed by atoms with E-state index in [1.165, 1.54) is 0 Å². The number of benzene rings is 2. The van der Waals surface area contributed by atoms with Crippen molar-refractivity contribution in [3.05, 3.63) is 66.5 Å². The maximum Gasteiger partial charge on any atom is 0.223 e. The largest absolute Gasteiger partial charge is 0.493 e. The highest BCUT2D eigenvalue weighted by atomic mass is 16.5. The summed E-state index contributed by atoms with van der Waals surface area (Å²) in [6.45, 7) is 12.3. The standard InChI is InChI=1S/C29H37N3O3/c1-6-11-21-14-15-25(26(18-21)34-5)35-17-10-9-16-31-24-13-8-7-12-23(24)30-28(31)22-19-27(33)32(20-22)29(2,3)4/h6-8,12-15,18,22H,1,9-11,16-17,19-20H2,2-5H3. The molecule has 0 radical (unpaired) electrons. The first-order valence-electron chi connectivity index (χ1n) is 12.5. The molecule has 1 saturated heterocycles. The van der Waals surface area contributed by atoms with Crippen LogP contribution in [0.25, 0.3) is 11.0 Å². The van der Waals surface area contributed by atoms with Gasteiger partial charge in [-0.3, -0.25) is 4.79 Å². The lowest BCUT2D eigenvalue weighted by molar-refractivity contribution is -0.131. The molecule has 1 fully saturated rings. The van der Waals surface area contributed by atoms with Crippen LogP contribution >= 0.6 is 0 Å². The van der Waals surface area contributed by atoms with Gasteiger partial charge in [-0.1, -0.05) is 24.3 Å². The van der Waals surface area contributed by atoms with Crippen molar-refractivity contribution in [3.8, 4) is 11.5 Å². The highest BCUT2D eigenvalue weighted by Crippen LogP contribution is 2.34. The lowest BCUT2D eigenvalue weighted by Gasteiger charge is -2.32. The number of amides is 1. The number of nitrogens with zero attached hydrogens (tertiary/aromatic N) is 3. The highest BCUT2D eigenvalue weighted by Gasteiger charge is 2.38. The summed E-state index contributed by atoms with van der Waals surface area (Å²) in [6.07, 6.45) is 5.06. The second-order valence-corrected chi connectivity index (χ2v) is 10.2. The summed E-state index contributed by atoms with van der Waals surface area (Å²) in [7, 11) is 1.67. The minimum Gasteiger partial charge on any atom is -0.493 e. The summed E-state index contributed by atoms with van der Waals surface area (Å²) < 4.78 is 13.9. The molecule has 6 heteroatoms. The van der Waals surface area contributed by atoms with Gasteiger partial charge in [0, 0.05) is 31.0 Å². The molecule has 35 heavy (non-hydrogen) atoms. The van der Waals surface area contributed by atoms with E-state index in [2.05, 4.69) is 50.1 Å². The average Bonchev–Trinajstić information content (AvgIpc) is 3.40. The van der Waals surface area contributed by atoms with E-state index in [0.717, 1.165) is 66.3 Å². The van der Waals surface area contributed by atoms with Gasteiger partial charge in [-0.05, 0) is 69.9 Å². The molecule has 186 valence electrons. The summed E-state index contributed by atoms with van der Waals surface area (Å²) >= 11 is 0. The lowest BCUT2D eigenvalue weighted by atomic mass is 10.1. The predicted molar refractivity (Wildman–Crippen MR) is 140 cm³/mol. The Bertz CT molecular complexity index is 1190. The van der Waals surface area contributed by atoms with Crippen molar-refractivity contribution in [1.29, 1.82) is 0 Å². The maximum absolute atomic E-state index is 12.7. The summed E-state index contributed by atoms with van der Waals surface area (Å²) in [5, 5.41) is 0. The van der Waals surface area contributed by atoms with Crippen LogP contribution in [-0.2, 0) is 17.8 Å². The first-order valence-corrected chi connectivity index (χ1v) is 12.5. The van der Waals surface area contributed by atoms with Crippen LogP contribution in [0.4, 0.5) is 0 Å². The molecule has 1 aliphatic heterocycles. The first kappa shape index (κ1) is 24.8. The minimum atomic E-state index is -0.176. The number of imidazole rings is 1. The molecule has 1 amide bonds. The van der Waals surface area contributed by atoms with E-state index in [0.29, 0.717) is 13.0 Å². The molecule has 1 unspecified atom stereocenters. The van der Waals surface area contributed by atoms with Crippen molar-refractivity contribution < 1.29 is 14.3 Å². The fraction of sp³-hybridized carbons (Fsp3) is 0.448. The first-order chi connectivity index (χ1) is 16.8. The van der Waals surface area contributed by atoms with Gasteiger partial charge in [-0.15, -0.1) is 6.58 Å². The van der Waals surface area contributed by atoms with Gasteiger partial charge in [0.15, 0.2) is 11.5 Å². The lowest BCUT2D eigenvalue weighted by Crippen LogP contribution is -2.42. The molecule has 3 aromatic rings. The number of aryl methyl sites for hydroxylation is 1. The molecule has 4 rings (SSSR count). The smallest absolute Gasteiger partial charge is 0.223 e. The van der Waals surface area contributed by atoms with Crippen LogP contribution in [0, 0.1) is 0 Å². The van der Waals surface area contributed by atoms with E-state index in [4.69, 9.17) is 14.5 Å². The molecule has 6 nitrogen and oxygen atoms in total. The van der Waals surface area contributed by atoms with Crippen molar-refractivity contribution >= 4 is 16.9 Å². The molecule has 1 atom stereocenters. The van der Waals surface area contributed by atoms with E-state index in [1.54, 1.807) is 7.11 Å². The molecular formula is C29H37N3O3. The minimum absolute atomic E-state index is 0.115. The third kappa shape index (κ3) is 5.53. The second kappa shape index (κ2) is 10.5. The van der Waals surface area contributed by atoms with Crippen LogP contribution in [0.15, 0.2) is 55.1 Å². The molecule has 0 spiro atoms. The van der Waals surface area contributed by atoms with Gasteiger partial charge in [0.25, 0.3) is 0 Å². The Balaban J connectivity index is 1.42. The molecular weight excluding hydrogens is 438 g/mol. The molecule has 0 bridgehead atoms. The number of fused-ring (bicyclic) bond motifs is 1. The zero-order valence-electron chi connectivity index (χ0n) is 21.4. The van der Waals surface area contributed by atoms with Gasteiger partial charge >= 0.3 is 0 Å². The van der Waals surface area contributed by atoms with Crippen molar-refractivity contribution in [2.24, 2.45) is 0 Å². The van der Waals surface area contributed by atoms with E-state index < -0.39 is 0 Å². The molecule has 0 saturated carbocycles. The monoisotopic (exact) mass is 475 g/mol. The van der Waals surface area contributed by atoms with E-state index in [1.807, 2.05) is 35.2 Å². The number of para-hydroxylation sites is 2. The number of hydrogen-bond acceptors (Lipinski definition) is 4. The van der Waals surface area contributed by atoms with Crippen LogP contribution in [-0.4, -0.2) is 46.2 Å². The molecule has 2 heterocycles. The Morgan fingerprint density at radius 3 is 2.66 bits per heavy atom. The van der Waals surface area contributed by atoms with Gasteiger partial charge in [0.1, 0.15) is 5.82 Å². The quantitative estimate of drug-likeness (QED) is 0.277. The Morgan fingerprint density at radius 1 is 1.14 bits per heavy atom. The summed E-state index contributed by atoms with van der Waals surface area (Å²) in [5.74, 6) is 2.86.